The van der Waals surface area contributed by atoms with Crippen molar-refractivity contribution in [3.63, 3.8) is 0 Å². The van der Waals surface area contributed by atoms with Crippen LogP contribution >= 0.6 is 11.6 Å². The summed E-state index contributed by atoms with van der Waals surface area (Å²) < 4.78 is 27.5. The van der Waals surface area contributed by atoms with E-state index in [4.69, 9.17) is 11.6 Å². The van der Waals surface area contributed by atoms with Gasteiger partial charge < -0.3 is 0 Å². The van der Waals surface area contributed by atoms with Crippen molar-refractivity contribution in [3.8, 4) is 0 Å². The molecule has 1 aliphatic heterocycles. The van der Waals surface area contributed by atoms with Crippen LogP contribution in [0, 0.1) is 0 Å². The quantitative estimate of drug-likeness (QED) is 0.897. The largest absolute Gasteiger partial charge is 0.297 e. The van der Waals surface area contributed by atoms with Gasteiger partial charge >= 0.3 is 0 Å². The molecule has 2 heterocycles. The fourth-order valence-electron chi connectivity index (χ4n) is 2.72. The number of hydrogen-bond acceptors (Lipinski definition) is 4. The third kappa shape index (κ3) is 4.29. The zero-order valence-electron chi connectivity index (χ0n) is 12.5. The van der Waals surface area contributed by atoms with Crippen LogP contribution in [0.5, 0.6) is 0 Å². The lowest BCUT2D eigenvalue weighted by atomic mass is 10.3. The monoisotopic (exact) mass is 351 g/mol. The highest BCUT2D eigenvalue weighted by atomic mass is 35.5. The van der Waals surface area contributed by atoms with Crippen molar-refractivity contribution in [2.45, 2.75) is 23.9 Å². The van der Waals surface area contributed by atoms with Gasteiger partial charge in [0.05, 0.1) is 4.90 Å². The number of pyridine rings is 1. The first-order chi connectivity index (χ1) is 11.0. The Hall–Kier alpha value is -1.47. The van der Waals surface area contributed by atoms with E-state index >= 15 is 0 Å². The lowest BCUT2D eigenvalue weighted by Crippen LogP contribution is -2.36. The molecule has 1 N–H and O–H groups in total. The Kier molecular flexibility index (Phi) is 4.96. The van der Waals surface area contributed by atoms with E-state index in [2.05, 4.69) is 14.6 Å². The van der Waals surface area contributed by atoms with Gasteiger partial charge in [0.25, 0.3) is 0 Å². The molecule has 23 heavy (non-hydrogen) atoms. The summed E-state index contributed by atoms with van der Waals surface area (Å²) in [6.45, 7) is 2.34. The molecule has 0 spiro atoms. The molecular weight excluding hydrogens is 334 g/mol. The smallest absolute Gasteiger partial charge is 0.240 e. The summed E-state index contributed by atoms with van der Waals surface area (Å²) in [5.74, 6) is 0. The number of aromatic nitrogens is 1. The standard InChI is InChI=1S/C16H18ClN3O2S/c17-14-3-5-16(6-4-14)23(21,22)19-15-7-9-20(12-15)11-13-2-1-8-18-10-13/h1-6,8,10,15,19H,7,9,11-12H2/t15-/m1/s1. The Morgan fingerprint density at radius 3 is 2.74 bits per heavy atom. The maximum absolute atomic E-state index is 12.4. The number of nitrogens with zero attached hydrogens (tertiary/aromatic N) is 2. The molecule has 0 saturated carbocycles. The van der Waals surface area contributed by atoms with Crippen LogP contribution in [0.2, 0.25) is 5.02 Å². The van der Waals surface area contributed by atoms with Crippen molar-refractivity contribution in [2.75, 3.05) is 13.1 Å². The molecule has 2 aromatic rings. The Bertz CT molecular complexity index is 751. The van der Waals surface area contributed by atoms with Crippen LogP contribution in [-0.2, 0) is 16.6 Å². The molecule has 0 bridgehead atoms. The summed E-state index contributed by atoms with van der Waals surface area (Å²) in [5, 5.41) is 0.521. The maximum Gasteiger partial charge on any atom is 0.240 e. The maximum atomic E-state index is 12.4. The molecule has 1 atom stereocenters. The molecule has 1 aliphatic rings. The number of halogens is 1. The molecule has 7 heteroatoms. The van der Waals surface area contributed by atoms with Crippen LogP contribution in [0.3, 0.4) is 0 Å². The van der Waals surface area contributed by atoms with E-state index in [0.717, 1.165) is 25.1 Å². The van der Waals surface area contributed by atoms with Gasteiger partial charge in [-0.15, -0.1) is 0 Å². The molecule has 122 valence electrons. The molecule has 1 aromatic heterocycles. The highest BCUT2D eigenvalue weighted by Crippen LogP contribution is 2.18. The van der Waals surface area contributed by atoms with Crippen molar-refractivity contribution in [1.82, 2.24) is 14.6 Å². The topological polar surface area (TPSA) is 62.3 Å². The van der Waals surface area contributed by atoms with Gasteiger partial charge in [0.2, 0.25) is 10.0 Å². The SMILES string of the molecule is O=S(=O)(N[C@@H]1CCN(Cc2cccnc2)C1)c1ccc(Cl)cc1. The van der Waals surface area contributed by atoms with Gasteiger partial charge in [-0.2, -0.15) is 0 Å². The molecule has 1 saturated heterocycles. The van der Waals surface area contributed by atoms with Crippen molar-refractivity contribution in [1.29, 1.82) is 0 Å². The number of likely N-dealkylation sites (tertiary alicyclic amines) is 1. The van der Waals surface area contributed by atoms with Crippen LogP contribution in [0.4, 0.5) is 0 Å². The lowest BCUT2D eigenvalue weighted by molar-refractivity contribution is 0.324. The minimum atomic E-state index is -3.50. The second-order valence-corrected chi connectivity index (χ2v) is 7.81. The first-order valence-electron chi connectivity index (χ1n) is 7.42. The predicted octanol–water partition coefficient (Wildman–Crippen LogP) is 2.29. The fraction of sp³-hybridized carbons (Fsp3) is 0.312. The molecule has 5 nitrogen and oxygen atoms in total. The van der Waals surface area contributed by atoms with Crippen LogP contribution in [0.1, 0.15) is 12.0 Å². The lowest BCUT2D eigenvalue weighted by Gasteiger charge is -2.16. The van der Waals surface area contributed by atoms with E-state index in [0.29, 0.717) is 11.6 Å². The summed E-state index contributed by atoms with van der Waals surface area (Å²) >= 11 is 5.80. The van der Waals surface area contributed by atoms with Gasteiger partial charge in [-0.1, -0.05) is 17.7 Å². The zero-order chi connectivity index (χ0) is 16.3. The van der Waals surface area contributed by atoms with Crippen molar-refractivity contribution in [3.05, 3.63) is 59.4 Å². The Labute approximate surface area is 141 Å². The second kappa shape index (κ2) is 6.97. The molecule has 1 aromatic carbocycles. The van der Waals surface area contributed by atoms with E-state index in [1.807, 2.05) is 18.3 Å². The molecular formula is C16H18ClN3O2S. The molecule has 0 amide bonds. The molecule has 3 rings (SSSR count). The van der Waals surface area contributed by atoms with E-state index in [-0.39, 0.29) is 10.9 Å². The summed E-state index contributed by atoms with van der Waals surface area (Å²) in [6, 6.07) is 10.1. The average molecular weight is 352 g/mol. The van der Waals surface area contributed by atoms with Crippen molar-refractivity contribution < 1.29 is 8.42 Å². The van der Waals surface area contributed by atoms with Crippen LogP contribution in [0.15, 0.2) is 53.7 Å². The summed E-state index contributed by atoms with van der Waals surface area (Å²) in [5.41, 5.74) is 1.13. The Balaban J connectivity index is 1.60. The van der Waals surface area contributed by atoms with E-state index in [1.165, 1.54) is 12.1 Å². The minimum Gasteiger partial charge on any atom is -0.297 e. The van der Waals surface area contributed by atoms with Gasteiger partial charge in [0.1, 0.15) is 0 Å². The summed E-state index contributed by atoms with van der Waals surface area (Å²) in [7, 11) is -3.50. The second-order valence-electron chi connectivity index (χ2n) is 5.66. The summed E-state index contributed by atoms with van der Waals surface area (Å²) in [6.07, 6.45) is 4.38. The minimum absolute atomic E-state index is 0.0765. The van der Waals surface area contributed by atoms with Gasteiger partial charge in [-0.25, -0.2) is 13.1 Å². The predicted molar refractivity (Wildman–Crippen MR) is 89.7 cm³/mol. The number of benzene rings is 1. The third-order valence-electron chi connectivity index (χ3n) is 3.85. The third-order valence-corrected chi connectivity index (χ3v) is 5.64. The number of sulfonamides is 1. The highest BCUT2D eigenvalue weighted by Gasteiger charge is 2.27. The Morgan fingerprint density at radius 1 is 1.26 bits per heavy atom. The van der Waals surface area contributed by atoms with Gasteiger partial charge in [0, 0.05) is 43.1 Å². The van der Waals surface area contributed by atoms with Crippen LogP contribution in [-0.4, -0.2) is 37.4 Å². The van der Waals surface area contributed by atoms with E-state index in [1.54, 1.807) is 18.3 Å². The molecule has 1 fully saturated rings. The van der Waals surface area contributed by atoms with Crippen LogP contribution in [0.25, 0.3) is 0 Å². The van der Waals surface area contributed by atoms with Crippen molar-refractivity contribution >= 4 is 21.6 Å². The van der Waals surface area contributed by atoms with Gasteiger partial charge in [0.15, 0.2) is 0 Å². The molecule has 0 radical (unpaired) electrons. The molecule has 0 unspecified atom stereocenters. The molecule has 0 aliphatic carbocycles. The first kappa shape index (κ1) is 16.4. The number of rotatable bonds is 5. The fourth-order valence-corrected chi connectivity index (χ4v) is 4.11. The first-order valence-corrected chi connectivity index (χ1v) is 9.28. The van der Waals surface area contributed by atoms with Crippen molar-refractivity contribution in [2.24, 2.45) is 0 Å². The summed E-state index contributed by atoms with van der Waals surface area (Å²) in [4.78, 5) is 6.57. The van der Waals surface area contributed by atoms with Gasteiger partial charge in [-0.05, 0) is 42.3 Å². The number of hydrogen-bond donors (Lipinski definition) is 1. The Morgan fingerprint density at radius 2 is 2.04 bits per heavy atom. The number of nitrogens with one attached hydrogen (secondary N) is 1. The van der Waals surface area contributed by atoms with Crippen LogP contribution < -0.4 is 4.72 Å². The average Bonchev–Trinajstić information content (AvgIpc) is 2.95. The van der Waals surface area contributed by atoms with Gasteiger partial charge in [-0.3, -0.25) is 9.88 Å². The zero-order valence-corrected chi connectivity index (χ0v) is 14.1. The highest BCUT2D eigenvalue weighted by molar-refractivity contribution is 7.89. The normalized spacial score (nSPS) is 19.1. The van der Waals surface area contributed by atoms with E-state index < -0.39 is 10.0 Å². The van der Waals surface area contributed by atoms with E-state index in [9.17, 15) is 8.42 Å².